The second-order valence-electron chi connectivity index (χ2n) is 8.26. The van der Waals surface area contributed by atoms with Crippen LogP contribution in [0.15, 0.2) is 99.0 Å². The molecule has 2 heterocycles. The fourth-order valence-electron chi connectivity index (χ4n) is 4.09. The molecule has 4 aromatic rings. The summed E-state index contributed by atoms with van der Waals surface area (Å²) in [5.74, 6) is -0.812. The Morgan fingerprint density at radius 3 is 2.09 bits per heavy atom. The first-order valence-corrected chi connectivity index (χ1v) is 12.4. The van der Waals surface area contributed by atoms with Crippen LogP contribution in [0.2, 0.25) is 0 Å². The van der Waals surface area contributed by atoms with E-state index in [0.717, 1.165) is 5.56 Å². The fraction of sp³-hybridized carbons (Fsp3) is 0.154. The number of amides is 1. The van der Waals surface area contributed by atoms with Crippen LogP contribution in [0.5, 0.6) is 0 Å². The van der Waals surface area contributed by atoms with Crippen LogP contribution >= 0.6 is 0 Å². The Balaban J connectivity index is 1.50. The molecule has 0 saturated carbocycles. The van der Waals surface area contributed by atoms with Gasteiger partial charge in [0.25, 0.3) is 10.1 Å². The minimum absolute atomic E-state index is 0.0158. The number of hydrogen-bond donors (Lipinski definition) is 1. The van der Waals surface area contributed by atoms with Crippen molar-refractivity contribution < 1.29 is 21.8 Å². The van der Waals surface area contributed by atoms with Crippen molar-refractivity contribution in [3.8, 4) is 22.6 Å². The van der Waals surface area contributed by atoms with Gasteiger partial charge in [-0.1, -0.05) is 78.4 Å². The topological polar surface area (TPSA) is 108 Å². The third-order valence-electron chi connectivity index (χ3n) is 5.89. The van der Waals surface area contributed by atoms with E-state index < -0.39 is 33.9 Å². The van der Waals surface area contributed by atoms with Gasteiger partial charge in [0.05, 0.1) is 23.2 Å². The number of carbonyl (C=O) groups is 1. The first-order chi connectivity index (χ1) is 16.8. The monoisotopic (exact) mass is 490 g/mol. The molecule has 0 unspecified atom stereocenters. The number of nitrogens with zero attached hydrogens (tertiary/aromatic N) is 1. The summed E-state index contributed by atoms with van der Waals surface area (Å²) in [5.41, 5.74) is 2.71. The maximum absolute atomic E-state index is 13.0. The normalized spacial score (nSPS) is 17.6. The third-order valence-corrected chi connectivity index (χ3v) is 7.19. The Bertz CT molecular complexity index is 1520. The highest BCUT2D eigenvalue weighted by Crippen LogP contribution is 2.36. The summed E-state index contributed by atoms with van der Waals surface area (Å²) in [4.78, 5) is 25.7. The second-order valence-corrected chi connectivity index (χ2v) is 9.87. The number of aromatic nitrogens is 1. The molecule has 5 rings (SSSR count). The zero-order chi connectivity index (χ0) is 24.6. The Morgan fingerprint density at radius 1 is 0.886 bits per heavy atom. The van der Waals surface area contributed by atoms with Crippen molar-refractivity contribution in [1.82, 2.24) is 9.88 Å². The quantitative estimate of drug-likeness (QED) is 0.314. The molecule has 8 nitrogen and oxygen atoms in total. The number of benzene rings is 3. The van der Waals surface area contributed by atoms with Crippen LogP contribution in [-0.4, -0.2) is 31.5 Å². The molecule has 178 valence electrons. The lowest BCUT2D eigenvalue weighted by molar-refractivity contribution is -0.135. The molecular weight excluding hydrogens is 468 g/mol. The zero-order valence-corrected chi connectivity index (χ0v) is 19.6. The maximum Gasteiger partial charge on any atom is 0.420 e. The number of rotatable bonds is 7. The summed E-state index contributed by atoms with van der Waals surface area (Å²) >= 11 is 0. The summed E-state index contributed by atoms with van der Waals surface area (Å²) in [6.07, 6.45) is 0. The zero-order valence-electron chi connectivity index (χ0n) is 18.7. The van der Waals surface area contributed by atoms with Gasteiger partial charge in [-0.15, -0.1) is 0 Å². The highest BCUT2D eigenvalue weighted by molar-refractivity contribution is 7.86. The summed E-state index contributed by atoms with van der Waals surface area (Å²) < 4.78 is 37.4. The molecule has 2 atom stereocenters. The molecule has 0 bridgehead atoms. The molecular formula is C26H22N2O6S. The Morgan fingerprint density at radius 2 is 1.49 bits per heavy atom. The highest BCUT2D eigenvalue weighted by atomic mass is 32.2. The van der Waals surface area contributed by atoms with Crippen molar-refractivity contribution in [3.05, 3.63) is 101 Å². The molecule has 35 heavy (non-hydrogen) atoms. The number of nitrogens with one attached hydrogen (secondary N) is 1. The Hall–Kier alpha value is -3.95. The highest BCUT2D eigenvalue weighted by Gasteiger charge is 2.45. The minimum atomic E-state index is -4.04. The van der Waals surface area contributed by atoms with Crippen molar-refractivity contribution in [2.24, 2.45) is 0 Å². The first kappa shape index (κ1) is 22.8. The van der Waals surface area contributed by atoms with Crippen LogP contribution in [-0.2, 0) is 19.1 Å². The fourth-order valence-corrected chi connectivity index (χ4v) is 5.02. The Kier molecular flexibility index (Phi) is 5.88. The van der Waals surface area contributed by atoms with E-state index in [1.807, 2.05) is 67.6 Å². The standard InChI is InChI=1S/C26H22N2O6S/c1-17-12-14-20(15-13-17)35(31,32)33-16-21-23(25(29)27-21)28-22(18-8-4-2-5-9-18)24(34-26(28)30)19-10-6-3-7-11-19/h2-15,21,23H,16H2,1H3,(H,27,29)/t21-,23+/m0/s1. The van der Waals surface area contributed by atoms with Crippen molar-refractivity contribution in [1.29, 1.82) is 0 Å². The van der Waals surface area contributed by atoms with E-state index in [2.05, 4.69) is 5.32 Å². The van der Waals surface area contributed by atoms with Gasteiger partial charge in [0, 0.05) is 11.1 Å². The van der Waals surface area contributed by atoms with Crippen LogP contribution in [0.1, 0.15) is 11.6 Å². The smallest absolute Gasteiger partial charge is 0.407 e. The van der Waals surface area contributed by atoms with E-state index in [0.29, 0.717) is 22.6 Å². The van der Waals surface area contributed by atoms with E-state index in [9.17, 15) is 18.0 Å². The lowest BCUT2D eigenvalue weighted by atomic mass is 9.97. The first-order valence-electron chi connectivity index (χ1n) is 11.0. The molecule has 9 heteroatoms. The van der Waals surface area contributed by atoms with Crippen molar-refractivity contribution in [3.63, 3.8) is 0 Å². The average Bonchev–Trinajstić information content (AvgIpc) is 3.19. The van der Waals surface area contributed by atoms with Crippen LogP contribution < -0.4 is 11.1 Å². The predicted molar refractivity (Wildman–Crippen MR) is 129 cm³/mol. The summed E-state index contributed by atoms with van der Waals surface area (Å²) in [6, 6.07) is 22.8. The molecule has 1 aromatic heterocycles. The van der Waals surface area contributed by atoms with E-state index in [-0.39, 0.29) is 11.5 Å². The van der Waals surface area contributed by atoms with Gasteiger partial charge in [-0.25, -0.2) is 4.79 Å². The molecule has 1 N–H and O–H groups in total. The summed E-state index contributed by atoms with van der Waals surface area (Å²) in [7, 11) is -4.04. The number of carbonyl (C=O) groups excluding carboxylic acids is 1. The average molecular weight is 491 g/mol. The maximum atomic E-state index is 13.0. The number of aryl methyl sites for hydroxylation is 1. The Labute approximate surface area is 201 Å². The number of β-lactam (4-membered cyclic amide) rings is 1. The summed E-state index contributed by atoms with van der Waals surface area (Å²) in [6.45, 7) is 1.52. The molecule has 0 aliphatic carbocycles. The van der Waals surface area contributed by atoms with E-state index >= 15 is 0 Å². The molecule has 3 aromatic carbocycles. The van der Waals surface area contributed by atoms with E-state index in [4.69, 9.17) is 8.60 Å². The third kappa shape index (κ3) is 4.31. The largest absolute Gasteiger partial charge is 0.420 e. The van der Waals surface area contributed by atoms with Crippen molar-refractivity contribution >= 4 is 16.0 Å². The van der Waals surface area contributed by atoms with E-state index in [1.165, 1.54) is 16.7 Å². The lowest BCUT2D eigenvalue weighted by Gasteiger charge is -2.36. The van der Waals surface area contributed by atoms with Gasteiger partial charge >= 0.3 is 5.76 Å². The molecule has 1 aliphatic heterocycles. The van der Waals surface area contributed by atoms with Crippen molar-refractivity contribution in [2.75, 3.05) is 6.61 Å². The van der Waals surface area contributed by atoms with Gasteiger partial charge in [-0.05, 0) is 19.1 Å². The number of hydrogen-bond acceptors (Lipinski definition) is 6. The van der Waals surface area contributed by atoms with Crippen LogP contribution in [0.4, 0.5) is 0 Å². The minimum Gasteiger partial charge on any atom is -0.407 e. The van der Waals surface area contributed by atoms with E-state index in [1.54, 1.807) is 12.1 Å². The molecule has 1 amide bonds. The second kappa shape index (κ2) is 9.01. The number of oxazole rings is 1. The lowest BCUT2D eigenvalue weighted by Crippen LogP contribution is -2.62. The van der Waals surface area contributed by atoms with Crippen LogP contribution in [0.3, 0.4) is 0 Å². The molecule has 1 saturated heterocycles. The SMILES string of the molecule is Cc1ccc(S(=O)(=O)OC[C@@H]2NC(=O)[C@@H]2n2c(-c3ccccc3)c(-c3ccccc3)oc2=O)cc1. The predicted octanol–water partition coefficient (Wildman–Crippen LogP) is 3.53. The molecule has 1 aliphatic rings. The summed E-state index contributed by atoms with van der Waals surface area (Å²) in [5, 5.41) is 2.65. The van der Waals surface area contributed by atoms with Crippen LogP contribution in [0.25, 0.3) is 22.6 Å². The van der Waals surface area contributed by atoms with Gasteiger partial charge < -0.3 is 9.73 Å². The van der Waals surface area contributed by atoms with Crippen molar-refractivity contribution in [2.45, 2.75) is 23.9 Å². The van der Waals surface area contributed by atoms with Gasteiger partial charge in [-0.3, -0.25) is 13.5 Å². The molecule has 0 radical (unpaired) electrons. The van der Waals surface area contributed by atoms with Gasteiger partial charge in [0.1, 0.15) is 6.04 Å². The molecule has 1 fully saturated rings. The van der Waals surface area contributed by atoms with Crippen LogP contribution in [0, 0.1) is 6.92 Å². The molecule has 0 spiro atoms. The van der Waals surface area contributed by atoms with Gasteiger partial charge in [-0.2, -0.15) is 8.42 Å². The van der Waals surface area contributed by atoms with Gasteiger partial charge in [0.15, 0.2) is 5.76 Å². The van der Waals surface area contributed by atoms with Gasteiger partial charge in [0.2, 0.25) is 5.91 Å².